The molecule has 1 fully saturated rings. The normalized spacial score (nSPS) is 24.3. The summed E-state index contributed by atoms with van der Waals surface area (Å²) in [5.41, 5.74) is 5.97. The number of nitrogens with two attached hydrogens (primary N) is 1. The summed E-state index contributed by atoms with van der Waals surface area (Å²) in [6.07, 6.45) is 4.38. The number of aryl methyl sites for hydroxylation is 1. The molecule has 5 heteroatoms. The van der Waals surface area contributed by atoms with E-state index in [1.54, 1.807) is 17.0 Å². The van der Waals surface area contributed by atoms with E-state index in [0.29, 0.717) is 11.7 Å². The summed E-state index contributed by atoms with van der Waals surface area (Å²) in [6.45, 7) is 6.45. The highest BCUT2D eigenvalue weighted by Gasteiger charge is 2.28. The molecule has 0 radical (unpaired) electrons. The fraction of sp³-hybridized carbons (Fsp3) is 0.667. The van der Waals surface area contributed by atoms with Crippen molar-refractivity contribution in [1.29, 1.82) is 0 Å². The molecule has 1 aromatic rings. The molecule has 0 aliphatic carbocycles. The second-order valence-corrected chi connectivity index (χ2v) is 4.80. The maximum atomic E-state index is 12.2. The molecule has 0 spiro atoms. The van der Waals surface area contributed by atoms with Gasteiger partial charge in [0.25, 0.3) is 5.56 Å². The van der Waals surface area contributed by atoms with Crippen molar-refractivity contribution in [2.45, 2.75) is 32.9 Å². The minimum Gasteiger partial charge on any atom is -0.350 e. The molecule has 2 rings (SSSR count). The van der Waals surface area contributed by atoms with Crippen LogP contribution in [0.4, 0.5) is 5.82 Å². The predicted molar refractivity (Wildman–Crippen MR) is 68.1 cm³/mol. The predicted octanol–water partition coefficient (Wildman–Crippen LogP) is 0.437. The largest absolute Gasteiger partial charge is 0.350 e. The summed E-state index contributed by atoms with van der Waals surface area (Å²) in [4.78, 5) is 18.4. The summed E-state index contributed by atoms with van der Waals surface area (Å²) < 4.78 is 1.72. The zero-order chi connectivity index (χ0) is 12.4. The lowest BCUT2D eigenvalue weighted by atomic mass is 10.1. The van der Waals surface area contributed by atoms with E-state index in [0.717, 1.165) is 26.1 Å². The van der Waals surface area contributed by atoms with Crippen molar-refractivity contribution < 1.29 is 0 Å². The lowest BCUT2D eigenvalue weighted by molar-refractivity contribution is 0.565. The first-order valence-corrected chi connectivity index (χ1v) is 6.19. The number of hydrogen-bond donors (Lipinski definition) is 1. The fourth-order valence-electron chi connectivity index (χ4n) is 2.23. The molecular weight excluding hydrogens is 216 g/mol. The van der Waals surface area contributed by atoms with Gasteiger partial charge >= 0.3 is 0 Å². The van der Waals surface area contributed by atoms with Gasteiger partial charge in [-0.05, 0) is 12.3 Å². The number of nitrogens with zero attached hydrogens (tertiary/aromatic N) is 3. The van der Waals surface area contributed by atoms with Gasteiger partial charge in [0.15, 0.2) is 5.82 Å². The van der Waals surface area contributed by atoms with Crippen molar-refractivity contribution in [3.8, 4) is 0 Å². The van der Waals surface area contributed by atoms with Gasteiger partial charge in [-0.15, -0.1) is 0 Å². The van der Waals surface area contributed by atoms with Crippen LogP contribution in [0.1, 0.15) is 20.3 Å². The summed E-state index contributed by atoms with van der Waals surface area (Å²) in [7, 11) is 0. The minimum atomic E-state index is -0.00403. The Kier molecular flexibility index (Phi) is 3.47. The van der Waals surface area contributed by atoms with Gasteiger partial charge in [-0.1, -0.05) is 13.8 Å². The molecule has 0 amide bonds. The average Bonchev–Trinajstić information content (AvgIpc) is 2.62. The fourth-order valence-corrected chi connectivity index (χ4v) is 2.23. The zero-order valence-electron chi connectivity index (χ0n) is 10.5. The van der Waals surface area contributed by atoms with Crippen LogP contribution in [0.2, 0.25) is 0 Å². The van der Waals surface area contributed by atoms with Crippen molar-refractivity contribution >= 4 is 5.82 Å². The Morgan fingerprint density at radius 3 is 2.88 bits per heavy atom. The van der Waals surface area contributed by atoms with Crippen LogP contribution in [0, 0.1) is 5.92 Å². The van der Waals surface area contributed by atoms with Crippen LogP contribution in [0.5, 0.6) is 0 Å². The van der Waals surface area contributed by atoms with Crippen molar-refractivity contribution in [3.05, 3.63) is 22.7 Å². The third-order valence-electron chi connectivity index (χ3n) is 3.33. The van der Waals surface area contributed by atoms with E-state index >= 15 is 0 Å². The van der Waals surface area contributed by atoms with Gasteiger partial charge in [0.05, 0.1) is 0 Å². The van der Waals surface area contributed by atoms with Crippen molar-refractivity contribution in [2.75, 3.05) is 18.0 Å². The number of hydrogen-bond acceptors (Lipinski definition) is 4. The first-order valence-electron chi connectivity index (χ1n) is 6.19. The Bertz CT molecular complexity index is 432. The second-order valence-electron chi connectivity index (χ2n) is 4.80. The van der Waals surface area contributed by atoms with Gasteiger partial charge in [-0.2, -0.15) is 0 Å². The Balaban J connectivity index is 2.28. The standard InChI is InChI=1S/C12H20N4O/c1-3-5-15-6-4-14-11(12(15)17)16-7-9(2)10(13)8-16/h4,6,9-10H,3,5,7-8,13H2,1-2H3. The molecular formula is C12H20N4O. The van der Waals surface area contributed by atoms with E-state index < -0.39 is 0 Å². The van der Waals surface area contributed by atoms with Gasteiger partial charge < -0.3 is 15.2 Å². The van der Waals surface area contributed by atoms with Gasteiger partial charge in [0.1, 0.15) is 0 Å². The Morgan fingerprint density at radius 2 is 2.29 bits per heavy atom. The lowest BCUT2D eigenvalue weighted by Crippen LogP contribution is -2.33. The van der Waals surface area contributed by atoms with Crippen molar-refractivity contribution in [1.82, 2.24) is 9.55 Å². The van der Waals surface area contributed by atoms with Crippen LogP contribution in [0.3, 0.4) is 0 Å². The van der Waals surface area contributed by atoms with E-state index in [2.05, 4.69) is 18.8 Å². The molecule has 94 valence electrons. The van der Waals surface area contributed by atoms with Crippen LogP contribution in [-0.4, -0.2) is 28.7 Å². The molecule has 2 heterocycles. The number of rotatable bonds is 3. The summed E-state index contributed by atoms with van der Waals surface area (Å²) in [5.74, 6) is 0.955. The van der Waals surface area contributed by atoms with Gasteiger partial charge in [0.2, 0.25) is 0 Å². The molecule has 2 N–H and O–H groups in total. The highest BCUT2D eigenvalue weighted by molar-refractivity contribution is 5.38. The third kappa shape index (κ3) is 2.34. The van der Waals surface area contributed by atoms with Crippen molar-refractivity contribution in [2.24, 2.45) is 11.7 Å². The number of aromatic nitrogens is 2. The monoisotopic (exact) mass is 236 g/mol. The van der Waals surface area contributed by atoms with Crippen LogP contribution in [0.15, 0.2) is 17.2 Å². The molecule has 0 bridgehead atoms. The molecule has 0 saturated carbocycles. The highest BCUT2D eigenvalue weighted by atomic mass is 16.1. The summed E-state index contributed by atoms with van der Waals surface area (Å²) in [6, 6.07) is 0.135. The third-order valence-corrected chi connectivity index (χ3v) is 3.33. The second kappa shape index (κ2) is 4.87. The molecule has 1 aromatic heterocycles. The molecule has 0 aromatic carbocycles. The minimum absolute atomic E-state index is 0.00403. The Labute approximate surface area is 101 Å². The SMILES string of the molecule is CCCn1ccnc(N2CC(C)C(N)C2)c1=O. The van der Waals surface area contributed by atoms with Gasteiger partial charge in [-0.3, -0.25) is 4.79 Å². The van der Waals surface area contributed by atoms with Gasteiger partial charge in [-0.25, -0.2) is 4.98 Å². The summed E-state index contributed by atoms with van der Waals surface area (Å²) in [5, 5.41) is 0. The first kappa shape index (κ1) is 12.1. The Hall–Kier alpha value is -1.36. The van der Waals surface area contributed by atoms with Crippen LogP contribution >= 0.6 is 0 Å². The lowest BCUT2D eigenvalue weighted by Gasteiger charge is -2.17. The zero-order valence-corrected chi connectivity index (χ0v) is 10.5. The van der Waals surface area contributed by atoms with E-state index in [4.69, 9.17) is 5.73 Å². The first-order chi connectivity index (χ1) is 8.13. The van der Waals surface area contributed by atoms with E-state index in [9.17, 15) is 4.79 Å². The highest BCUT2D eigenvalue weighted by Crippen LogP contribution is 2.18. The number of anilines is 1. The average molecular weight is 236 g/mol. The quantitative estimate of drug-likeness (QED) is 0.827. The van der Waals surface area contributed by atoms with E-state index in [1.165, 1.54) is 0 Å². The molecule has 2 atom stereocenters. The molecule has 5 nitrogen and oxygen atoms in total. The molecule has 1 saturated heterocycles. The van der Waals surface area contributed by atoms with Gasteiger partial charge in [0, 0.05) is 38.1 Å². The van der Waals surface area contributed by atoms with Crippen LogP contribution < -0.4 is 16.2 Å². The maximum absolute atomic E-state index is 12.2. The van der Waals surface area contributed by atoms with Crippen LogP contribution in [0.25, 0.3) is 0 Å². The maximum Gasteiger partial charge on any atom is 0.293 e. The molecule has 17 heavy (non-hydrogen) atoms. The van der Waals surface area contributed by atoms with E-state index in [1.807, 2.05) is 4.90 Å². The molecule has 1 aliphatic rings. The topological polar surface area (TPSA) is 64.2 Å². The Morgan fingerprint density at radius 1 is 1.53 bits per heavy atom. The van der Waals surface area contributed by atoms with Crippen LogP contribution in [-0.2, 0) is 6.54 Å². The smallest absolute Gasteiger partial charge is 0.293 e. The molecule has 1 aliphatic heterocycles. The summed E-state index contributed by atoms with van der Waals surface area (Å²) >= 11 is 0. The van der Waals surface area contributed by atoms with E-state index in [-0.39, 0.29) is 11.6 Å². The van der Waals surface area contributed by atoms with Crippen molar-refractivity contribution in [3.63, 3.8) is 0 Å². The molecule has 2 unspecified atom stereocenters.